The Morgan fingerprint density at radius 2 is 2.50 bits per heavy atom. The lowest BCUT2D eigenvalue weighted by Gasteiger charge is -1.87. The van der Waals surface area contributed by atoms with Crippen LogP contribution < -0.4 is 11.1 Å². The van der Waals surface area contributed by atoms with Crippen LogP contribution in [0.4, 0.5) is 0 Å². The van der Waals surface area contributed by atoms with E-state index < -0.39 is 0 Å². The van der Waals surface area contributed by atoms with Crippen molar-refractivity contribution in [3.05, 3.63) is 11.7 Å². The molecule has 0 bridgehead atoms. The molecule has 0 fully saturated rings. The van der Waals surface area contributed by atoms with Crippen molar-refractivity contribution >= 4 is 5.91 Å². The highest BCUT2D eigenvalue weighted by Gasteiger charge is 2.11. The standard InChI is InChI=1S/C6H10N4O2/c1-8-6(11)5-9-4(2-3-7)12-10-5/h2-3,7H2,1H3,(H,8,11). The van der Waals surface area contributed by atoms with Crippen LogP contribution in [0.15, 0.2) is 4.52 Å². The predicted molar refractivity (Wildman–Crippen MR) is 40.4 cm³/mol. The van der Waals surface area contributed by atoms with E-state index in [0.29, 0.717) is 18.9 Å². The molecule has 12 heavy (non-hydrogen) atoms. The zero-order chi connectivity index (χ0) is 8.97. The van der Waals surface area contributed by atoms with E-state index in [-0.39, 0.29) is 11.7 Å². The molecule has 1 rings (SSSR count). The highest BCUT2D eigenvalue weighted by atomic mass is 16.5. The van der Waals surface area contributed by atoms with Crippen molar-refractivity contribution in [2.24, 2.45) is 5.73 Å². The minimum atomic E-state index is -0.359. The van der Waals surface area contributed by atoms with Gasteiger partial charge in [-0.25, -0.2) is 0 Å². The van der Waals surface area contributed by atoms with E-state index in [9.17, 15) is 4.79 Å². The van der Waals surface area contributed by atoms with Crippen molar-refractivity contribution in [1.82, 2.24) is 15.5 Å². The van der Waals surface area contributed by atoms with Crippen LogP contribution >= 0.6 is 0 Å². The summed E-state index contributed by atoms with van der Waals surface area (Å²) >= 11 is 0. The minimum absolute atomic E-state index is 0.0425. The molecule has 3 N–H and O–H groups in total. The van der Waals surface area contributed by atoms with Crippen LogP contribution in [0.25, 0.3) is 0 Å². The second-order valence-corrected chi connectivity index (χ2v) is 2.13. The fraction of sp³-hybridized carbons (Fsp3) is 0.500. The Hall–Kier alpha value is -1.43. The number of nitrogens with two attached hydrogens (primary N) is 1. The topological polar surface area (TPSA) is 94.0 Å². The maximum atomic E-state index is 10.9. The van der Waals surface area contributed by atoms with Gasteiger partial charge in [-0.05, 0) is 0 Å². The lowest BCUT2D eigenvalue weighted by atomic mass is 10.4. The van der Waals surface area contributed by atoms with Gasteiger partial charge in [0.2, 0.25) is 5.89 Å². The third kappa shape index (κ3) is 1.79. The van der Waals surface area contributed by atoms with Gasteiger partial charge >= 0.3 is 0 Å². The molecule has 0 unspecified atom stereocenters. The Kier molecular flexibility index (Phi) is 2.76. The van der Waals surface area contributed by atoms with Crippen molar-refractivity contribution in [1.29, 1.82) is 0 Å². The van der Waals surface area contributed by atoms with Gasteiger partial charge in [0.15, 0.2) is 0 Å². The van der Waals surface area contributed by atoms with Crippen LogP contribution in [-0.4, -0.2) is 29.6 Å². The molecule has 0 aromatic carbocycles. The summed E-state index contributed by atoms with van der Waals surface area (Å²) in [6, 6.07) is 0. The monoisotopic (exact) mass is 170 g/mol. The molecular formula is C6H10N4O2. The normalized spacial score (nSPS) is 9.83. The quantitative estimate of drug-likeness (QED) is 0.602. The Morgan fingerprint density at radius 1 is 1.75 bits per heavy atom. The minimum Gasteiger partial charge on any atom is -0.352 e. The third-order valence-electron chi connectivity index (χ3n) is 1.26. The summed E-state index contributed by atoms with van der Waals surface area (Å²) in [5.41, 5.74) is 5.25. The van der Waals surface area contributed by atoms with Crippen LogP contribution in [0.2, 0.25) is 0 Å². The molecule has 1 amide bonds. The fourth-order valence-corrected chi connectivity index (χ4v) is 0.684. The van der Waals surface area contributed by atoms with E-state index in [1.165, 1.54) is 7.05 Å². The summed E-state index contributed by atoms with van der Waals surface area (Å²) in [6.07, 6.45) is 0.490. The highest BCUT2D eigenvalue weighted by Crippen LogP contribution is 1.96. The summed E-state index contributed by atoms with van der Waals surface area (Å²) in [4.78, 5) is 14.7. The first kappa shape index (κ1) is 8.66. The van der Waals surface area contributed by atoms with E-state index in [1.807, 2.05) is 0 Å². The number of hydrogen-bond acceptors (Lipinski definition) is 5. The predicted octanol–water partition coefficient (Wildman–Crippen LogP) is -1.07. The number of carbonyl (C=O) groups excluding carboxylic acids is 1. The molecule has 1 aromatic rings. The maximum absolute atomic E-state index is 10.9. The zero-order valence-corrected chi connectivity index (χ0v) is 6.70. The van der Waals surface area contributed by atoms with E-state index >= 15 is 0 Å². The van der Waals surface area contributed by atoms with Gasteiger partial charge in [0.05, 0.1) is 0 Å². The first-order chi connectivity index (χ1) is 5.77. The van der Waals surface area contributed by atoms with E-state index in [1.54, 1.807) is 0 Å². The van der Waals surface area contributed by atoms with E-state index in [0.717, 1.165) is 0 Å². The summed E-state index contributed by atoms with van der Waals surface area (Å²) in [6.45, 7) is 0.426. The smallest absolute Gasteiger partial charge is 0.292 e. The molecular weight excluding hydrogens is 160 g/mol. The molecule has 1 aromatic heterocycles. The van der Waals surface area contributed by atoms with Crippen molar-refractivity contribution in [3.8, 4) is 0 Å². The van der Waals surface area contributed by atoms with Crippen molar-refractivity contribution in [3.63, 3.8) is 0 Å². The zero-order valence-electron chi connectivity index (χ0n) is 6.70. The molecule has 0 aliphatic carbocycles. The molecule has 66 valence electrons. The van der Waals surface area contributed by atoms with Crippen molar-refractivity contribution in [2.45, 2.75) is 6.42 Å². The highest BCUT2D eigenvalue weighted by molar-refractivity contribution is 5.89. The number of carbonyl (C=O) groups is 1. The number of rotatable bonds is 3. The van der Waals surface area contributed by atoms with Crippen LogP contribution in [0, 0.1) is 0 Å². The molecule has 0 aliphatic rings. The number of nitrogens with one attached hydrogen (secondary N) is 1. The second kappa shape index (κ2) is 3.82. The molecule has 0 atom stereocenters. The Morgan fingerprint density at radius 3 is 3.08 bits per heavy atom. The van der Waals surface area contributed by atoms with E-state index in [4.69, 9.17) is 10.3 Å². The van der Waals surface area contributed by atoms with Crippen LogP contribution in [0.5, 0.6) is 0 Å². The number of nitrogens with zero attached hydrogens (tertiary/aromatic N) is 2. The van der Waals surface area contributed by atoms with Gasteiger partial charge in [-0.3, -0.25) is 4.79 Å². The maximum Gasteiger partial charge on any atom is 0.292 e. The molecule has 0 spiro atoms. The molecule has 0 saturated heterocycles. The largest absolute Gasteiger partial charge is 0.352 e. The SMILES string of the molecule is CNC(=O)c1noc(CCN)n1. The second-order valence-electron chi connectivity index (χ2n) is 2.13. The van der Waals surface area contributed by atoms with Crippen LogP contribution in [0.1, 0.15) is 16.5 Å². The number of hydrogen-bond donors (Lipinski definition) is 2. The fourth-order valence-electron chi connectivity index (χ4n) is 0.684. The van der Waals surface area contributed by atoms with Gasteiger partial charge in [0.1, 0.15) is 0 Å². The van der Waals surface area contributed by atoms with Gasteiger partial charge < -0.3 is 15.6 Å². The lowest BCUT2D eigenvalue weighted by Crippen LogP contribution is -2.19. The summed E-state index contributed by atoms with van der Waals surface area (Å²) in [7, 11) is 1.50. The third-order valence-corrected chi connectivity index (χ3v) is 1.26. The van der Waals surface area contributed by atoms with Gasteiger partial charge in [-0.2, -0.15) is 4.98 Å². The van der Waals surface area contributed by atoms with Crippen LogP contribution in [-0.2, 0) is 6.42 Å². The van der Waals surface area contributed by atoms with Crippen molar-refractivity contribution < 1.29 is 9.32 Å². The average Bonchev–Trinajstić information content (AvgIpc) is 2.52. The van der Waals surface area contributed by atoms with Gasteiger partial charge in [-0.15, -0.1) is 0 Å². The van der Waals surface area contributed by atoms with Gasteiger partial charge in [0.25, 0.3) is 11.7 Å². The molecule has 1 heterocycles. The number of aromatic nitrogens is 2. The molecule has 6 nitrogen and oxygen atoms in total. The summed E-state index contributed by atoms with van der Waals surface area (Å²) in [5, 5.41) is 5.83. The molecule has 0 aliphatic heterocycles. The number of amides is 1. The Labute approximate surface area is 69.1 Å². The van der Waals surface area contributed by atoms with Gasteiger partial charge in [0, 0.05) is 20.0 Å². The summed E-state index contributed by atoms with van der Waals surface area (Å²) in [5.74, 6) is 0.0686. The first-order valence-electron chi connectivity index (χ1n) is 3.52. The van der Waals surface area contributed by atoms with Gasteiger partial charge in [-0.1, -0.05) is 5.16 Å². The Bertz CT molecular complexity index is 270. The Balaban J connectivity index is 2.70. The van der Waals surface area contributed by atoms with Crippen LogP contribution in [0.3, 0.4) is 0 Å². The molecule has 0 radical (unpaired) electrons. The average molecular weight is 170 g/mol. The molecule has 0 saturated carbocycles. The summed E-state index contributed by atoms with van der Waals surface area (Å²) < 4.78 is 4.73. The lowest BCUT2D eigenvalue weighted by molar-refractivity contribution is 0.0950. The first-order valence-corrected chi connectivity index (χ1v) is 3.52. The molecule has 6 heteroatoms. The van der Waals surface area contributed by atoms with E-state index in [2.05, 4.69) is 15.5 Å². The van der Waals surface area contributed by atoms with Crippen molar-refractivity contribution in [2.75, 3.05) is 13.6 Å².